The van der Waals surface area contributed by atoms with Gasteiger partial charge in [0.05, 0.1) is 7.11 Å². The maximum Gasteiger partial charge on any atom is 0.246 e. The van der Waals surface area contributed by atoms with Crippen molar-refractivity contribution in [2.75, 3.05) is 24.4 Å². The highest BCUT2D eigenvalue weighted by Gasteiger charge is 2.58. The summed E-state index contributed by atoms with van der Waals surface area (Å²) in [6.07, 6.45) is 2.90. The quantitative estimate of drug-likeness (QED) is 0.339. The molecule has 3 aromatic carbocycles. The van der Waals surface area contributed by atoms with E-state index >= 15 is 0 Å². The molecular formula is C32H31N3O3. The van der Waals surface area contributed by atoms with Gasteiger partial charge in [-0.25, -0.2) is 0 Å². The number of aromatic nitrogens is 1. The number of ether oxygens (including phenoxy) is 1. The predicted octanol–water partition coefficient (Wildman–Crippen LogP) is 6.19. The van der Waals surface area contributed by atoms with Gasteiger partial charge in [-0.15, -0.1) is 0 Å². The van der Waals surface area contributed by atoms with E-state index in [-0.39, 0.29) is 17.1 Å². The molecule has 2 aliphatic rings. The third kappa shape index (κ3) is 3.47. The van der Waals surface area contributed by atoms with Gasteiger partial charge in [-0.2, -0.15) is 0 Å². The molecule has 1 aliphatic carbocycles. The van der Waals surface area contributed by atoms with Crippen molar-refractivity contribution in [3.8, 4) is 5.75 Å². The SMILES string of the molecule is COc1ccc(NC2=C([C@]3(c4c[nH]c5ccccc45)C(=O)N(C)c4ccccc43)C(=O)CC(C)(C)C2)cc1. The monoisotopic (exact) mass is 505 g/mol. The normalized spacial score (nSPS) is 20.7. The highest BCUT2D eigenvalue weighted by molar-refractivity contribution is 6.20. The number of nitrogens with zero attached hydrogens (tertiary/aromatic N) is 1. The molecular weight excluding hydrogens is 474 g/mol. The number of H-pyrrole nitrogens is 1. The maximum absolute atomic E-state index is 14.6. The number of carbonyl (C=O) groups is 2. The molecule has 0 unspecified atom stereocenters. The second-order valence-electron chi connectivity index (χ2n) is 11.0. The molecule has 0 bridgehead atoms. The van der Waals surface area contributed by atoms with Crippen molar-refractivity contribution in [2.24, 2.45) is 5.41 Å². The number of amides is 1. The molecule has 0 saturated heterocycles. The largest absolute Gasteiger partial charge is 0.497 e. The predicted molar refractivity (Wildman–Crippen MR) is 151 cm³/mol. The number of hydrogen-bond donors (Lipinski definition) is 2. The minimum Gasteiger partial charge on any atom is -0.497 e. The van der Waals surface area contributed by atoms with Crippen LogP contribution in [-0.2, 0) is 15.0 Å². The molecule has 4 aromatic rings. The van der Waals surface area contributed by atoms with Crippen molar-refractivity contribution in [1.82, 2.24) is 4.98 Å². The Balaban J connectivity index is 1.69. The van der Waals surface area contributed by atoms with Crippen molar-refractivity contribution < 1.29 is 14.3 Å². The summed E-state index contributed by atoms with van der Waals surface area (Å²) in [6, 6.07) is 23.4. The zero-order valence-corrected chi connectivity index (χ0v) is 22.1. The molecule has 6 rings (SSSR count). The zero-order chi connectivity index (χ0) is 26.7. The van der Waals surface area contributed by atoms with Crippen LogP contribution in [0.2, 0.25) is 0 Å². The summed E-state index contributed by atoms with van der Waals surface area (Å²) in [7, 11) is 3.43. The average molecular weight is 506 g/mol. The van der Waals surface area contributed by atoms with Gasteiger partial charge in [-0.3, -0.25) is 9.59 Å². The lowest BCUT2D eigenvalue weighted by atomic mass is 9.62. The standard InChI is InChI=1S/C32H31N3O3/c1-31(2)17-26(34-20-13-15-21(38-4)16-14-20)29(28(36)18-31)32(24-19-33-25-11-7-5-9-22(24)25)23-10-6-8-12-27(23)35(3)30(32)37/h5-16,19,33-34H,17-18H2,1-4H3/t32-/m0/s1. The number of Topliss-reactive ketones (excluding diaryl/α,β-unsaturated/α-hetero) is 1. The van der Waals surface area contributed by atoms with Gasteiger partial charge >= 0.3 is 0 Å². The van der Waals surface area contributed by atoms with Gasteiger partial charge in [0.1, 0.15) is 11.2 Å². The minimum absolute atomic E-state index is 0.0130. The van der Waals surface area contributed by atoms with Gasteiger partial charge in [-0.05, 0) is 48.2 Å². The number of ketones is 1. The first-order valence-corrected chi connectivity index (χ1v) is 12.9. The van der Waals surface area contributed by atoms with E-state index in [0.717, 1.165) is 44.9 Å². The number of hydrogen-bond acceptors (Lipinski definition) is 4. The van der Waals surface area contributed by atoms with Gasteiger partial charge in [0, 0.05) is 64.3 Å². The van der Waals surface area contributed by atoms with E-state index in [1.807, 2.05) is 79.0 Å². The van der Waals surface area contributed by atoms with E-state index in [1.165, 1.54) is 0 Å². The smallest absolute Gasteiger partial charge is 0.246 e. The van der Waals surface area contributed by atoms with Crippen molar-refractivity contribution >= 4 is 34.0 Å². The van der Waals surface area contributed by atoms with E-state index in [9.17, 15) is 9.59 Å². The number of para-hydroxylation sites is 2. The number of nitrogens with one attached hydrogen (secondary N) is 2. The van der Waals surface area contributed by atoms with Crippen LogP contribution in [-0.4, -0.2) is 30.8 Å². The summed E-state index contributed by atoms with van der Waals surface area (Å²) in [5.41, 5.74) is 3.97. The van der Waals surface area contributed by atoms with Gasteiger partial charge in [0.15, 0.2) is 5.78 Å². The second-order valence-corrected chi connectivity index (χ2v) is 11.0. The highest BCUT2D eigenvalue weighted by atomic mass is 16.5. The summed E-state index contributed by atoms with van der Waals surface area (Å²) in [6.45, 7) is 4.21. The first-order chi connectivity index (χ1) is 18.3. The van der Waals surface area contributed by atoms with E-state index in [0.29, 0.717) is 18.4 Å². The summed E-state index contributed by atoms with van der Waals surface area (Å²) in [4.78, 5) is 34.0. The maximum atomic E-state index is 14.6. The van der Waals surface area contributed by atoms with Crippen LogP contribution in [0.3, 0.4) is 0 Å². The molecule has 2 heterocycles. The summed E-state index contributed by atoms with van der Waals surface area (Å²) in [5.74, 6) is 0.614. The lowest BCUT2D eigenvalue weighted by molar-refractivity contribution is -0.124. The van der Waals surface area contributed by atoms with E-state index in [1.54, 1.807) is 19.1 Å². The summed E-state index contributed by atoms with van der Waals surface area (Å²) in [5, 5.41) is 4.50. The molecule has 6 heteroatoms. The van der Waals surface area contributed by atoms with Crippen LogP contribution in [0.1, 0.15) is 37.8 Å². The second kappa shape index (κ2) is 8.62. The first-order valence-electron chi connectivity index (χ1n) is 12.9. The Hall–Kier alpha value is -4.32. The van der Waals surface area contributed by atoms with Crippen LogP contribution < -0.4 is 15.0 Å². The van der Waals surface area contributed by atoms with Crippen LogP contribution in [0.15, 0.2) is 90.3 Å². The molecule has 1 aromatic heterocycles. The number of benzene rings is 3. The van der Waals surface area contributed by atoms with E-state index in [4.69, 9.17) is 4.74 Å². The third-order valence-electron chi connectivity index (χ3n) is 7.92. The van der Waals surface area contributed by atoms with Crippen molar-refractivity contribution in [3.05, 3.63) is 101 Å². The number of anilines is 2. The van der Waals surface area contributed by atoms with E-state index < -0.39 is 5.41 Å². The lowest BCUT2D eigenvalue weighted by Crippen LogP contribution is -2.47. The van der Waals surface area contributed by atoms with Crippen molar-refractivity contribution in [3.63, 3.8) is 0 Å². The molecule has 1 aliphatic heterocycles. The fraction of sp³-hybridized carbons (Fsp3) is 0.250. The number of aromatic amines is 1. The van der Waals surface area contributed by atoms with Gasteiger partial charge < -0.3 is 19.9 Å². The number of carbonyl (C=O) groups excluding carboxylic acids is 2. The molecule has 1 amide bonds. The van der Waals surface area contributed by atoms with Crippen molar-refractivity contribution in [2.45, 2.75) is 32.1 Å². The number of rotatable bonds is 5. The van der Waals surface area contributed by atoms with E-state index in [2.05, 4.69) is 24.1 Å². The number of allylic oxidation sites excluding steroid dienone is 1. The molecule has 0 fully saturated rings. The zero-order valence-electron chi connectivity index (χ0n) is 22.1. The average Bonchev–Trinajstić information content (AvgIpc) is 3.42. The Morgan fingerprint density at radius 2 is 1.61 bits per heavy atom. The molecule has 2 N–H and O–H groups in total. The van der Waals surface area contributed by atoms with Crippen LogP contribution in [0, 0.1) is 5.41 Å². The lowest BCUT2D eigenvalue weighted by Gasteiger charge is -2.39. The molecule has 0 radical (unpaired) electrons. The minimum atomic E-state index is -1.28. The van der Waals surface area contributed by atoms with Gasteiger partial charge in [0.2, 0.25) is 5.91 Å². The van der Waals surface area contributed by atoms with Crippen LogP contribution in [0.4, 0.5) is 11.4 Å². The Morgan fingerprint density at radius 1 is 0.895 bits per heavy atom. The number of methoxy groups -OCH3 is 1. The molecule has 1 atom stereocenters. The molecule has 0 saturated carbocycles. The first kappa shape index (κ1) is 24.0. The third-order valence-corrected chi connectivity index (χ3v) is 7.92. The number of likely N-dealkylation sites (N-methyl/N-ethyl adjacent to an activating group) is 1. The topological polar surface area (TPSA) is 74.4 Å². The van der Waals surface area contributed by atoms with Crippen LogP contribution in [0.25, 0.3) is 10.9 Å². The Morgan fingerprint density at radius 3 is 2.37 bits per heavy atom. The molecule has 6 nitrogen and oxygen atoms in total. The van der Waals surface area contributed by atoms with Crippen LogP contribution in [0.5, 0.6) is 5.75 Å². The summed E-state index contributed by atoms with van der Waals surface area (Å²) < 4.78 is 5.33. The fourth-order valence-electron chi connectivity index (χ4n) is 6.29. The molecule has 192 valence electrons. The molecule has 0 spiro atoms. The fourth-order valence-corrected chi connectivity index (χ4v) is 6.29. The summed E-state index contributed by atoms with van der Waals surface area (Å²) >= 11 is 0. The number of fused-ring (bicyclic) bond motifs is 2. The molecule has 38 heavy (non-hydrogen) atoms. The van der Waals surface area contributed by atoms with Gasteiger partial charge in [0.25, 0.3) is 0 Å². The Labute approximate surface area is 222 Å². The van der Waals surface area contributed by atoms with Crippen LogP contribution >= 0.6 is 0 Å². The van der Waals surface area contributed by atoms with Gasteiger partial charge in [-0.1, -0.05) is 50.2 Å². The highest BCUT2D eigenvalue weighted by Crippen LogP contribution is 2.55. The Kier molecular flexibility index (Phi) is 5.45. The Bertz CT molecular complexity index is 1610. The van der Waals surface area contributed by atoms with Crippen molar-refractivity contribution in [1.29, 1.82) is 0 Å².